The minimum absolute atomic E-state index is 0.0142. The molecule has 2 heterocycles. The average molecular weight is 639 g/mol. The number of ether oxygens (including phenoxy) is 2. The number of nitrogens with two attached hydrogens (primary N) is 1. The molecule has 0 saturated carbocycles. The molecule has 0 aliphatic carbocycles. The largest absolute Gasteiger partial charge is 0.481 e. The van der Waals surface area contributed by atoms with E-state index in [1.165, 1.54) is 24.3 Å². The Morgan fingerprint density at radius 1 is 0.935 bits per heavy atom. The van der Waals surface area contributed by atoms with Crippen molar-refractivity contribution in [3.05, 3.63) is 125 Å². The number of halogens is 1. The monoisotopic (exact) mass is 638 g/mol. The Morgan fingerprint density at radius 3 is 2.35 bits per heavy atom. The van der Waals surface area contributed by atoms with E-state index in [9.17, 15) is 17.9 Å². The number of primary sulfonamides is 1. The molecule has 8 nitrogen and oxygen atoms in total. The Balaban J connectivity index is 1.14. The van der Waals surface area contributed by atoms with Crippen LogP contribution >= 0.6 is 0 Å². The van der Waals surface area contributed by atoms with Crippen molar-refractivity contribution in [3.63, 3.8) is 0 Å². The molecule has 0 radical (unpaired) electrons. The summed E-state index contributed by atoms with van der Waals surface area (Å²) in [4.78, 5) is 4.79. The Hall–Kier alpha value is -4.79. The zero-order valence-corrected chi connectivity index (χ0v) is 25.6. The topological polar surface area (TPSA) is 125 Å². The van der Waals surface area contributed by atoms with E-state index in [0.29, 0.717) is 66.7 Å². The summed E-state index contributed by atoms with van der Waals surface area (Å²) in [6, 6.07) is 27.7. The third kappa shape index (κ3) is 7.36. The molecule has 4 aromatic carbocycles. The molecular weight excluding hydrogens is 607 g/mol. The number of benzene rings is 4. The van der Waals surface area contributed by atoms with E-state index in [1.54, 1.807) is 18.2 Å². The first-order valence-electron chi connectivity index (χ1n) is 14.7. The molecule has 0 spiro atoms. The number of aliphatic hydroxyl groups is 1. The van der Waals surface area contributed by atoms with Crippen molar-refractivity contribution >= 4 is 10.0 Å². The van der Waals surface area contributed by atoms with E-state index < -0.39 is 21.4 Å². The molecule has 0 amide bonds. The van der Waals surface area contributed by atoms with Crippen LogP contribution in [0.5, 0.6) is 5.75 Å². The van der Waals surface area contributed by atoms with E-state index >= 15 is 0 Å². The molecule has 0 atom stereocenters. The van der Waals surface area contributed by atoms with Crippen molar-refractivity contribution in [1.82, 2.24) is 4.98 Å². The van der Waals surface area contributed by atoms with Crippen LogP contribution in [0.1, 0.15) is 35.4 Å². The van der Waals surface area contributed by atoms with E-state index in [4.69, 9.17) is 24.0 Å². The Labute approximate surface area is 266 Å². The van der Waals surface area contributed by atoms with Crippen LogP contribution in [0, 0.1) is 17.7 Å². The molecule has 6 rings (SSSR count). The lowest BCUT2D eigenvalue weighted by Crippen LogP contribution is -2.33. The molecule has 234 valence electrons. The maximum Gasteiger partial charge on any atom is 0.238 e. The van der Waals surface area contributed by atoms with Crippen LogP contribution in [0.4, 0.5) is 4.39 Å². The smallest absolute Gasteiger partial charge is 0.238 e. The van der Waals surface area contributed by atoms with E-state index in [1.807, 2.05) is 54.6 Å². The average Bonchev–Trinajstić information content (AvgIpc) is 3.48. The summed E-state index contributed by atoms with van der Waals surface area (Å²) in [7, 11) is -3.82. The van der Waals surface area contributed by atoms with Gasteiger partial charge in [0.15, 0.2) is 11.7 Å². The number of nitrogens with zero attached hydrogens (tertiary/aromatic N) is 1. The summed E-state index contributed by atoms with van der Waals surface area (Å²) in [5, 5.41) is 16.2. The van der Waals surface area contributed by atoms with E-state index in [0.717, 1.165) is 16.7 Å². The molecule has 1 aromatic heterocycles. The molecular formula is C36H31FN2O6S. The Bertz CT molecular complexity index is 1990. The number of hydrogen-bond donors (Lipinski definition) is 2. The zero-order valence-electron chi connectivity index (χ0n) is 24.8. The second-order valence-corrected chi connectivity index (χ2v) is 12.6. The first-order valence-corrected chi connectivity index (χ1v) is 16.2. The van der Waals surface area contributed by atoms with Gasteiger partial charge in [-0.1, -0.05) is 54.3 Å². The lowest BCUT2D eigenvalue weighted by Gasteiger charge is -2.32. The van der Waals surface area contributed by atoms with Crippen molar-refractivity contribution in [2.24, 2.45) is 5.14 Å². The predicted molar refractivity (Wildman–Crippen MR) is 171 cm³/mol. The van der Waals surface area contributed by atoms with Crippen molar-refractivity contribution in [1.29, 1.82) is 0 Å². The van der Waals surface area contributed by atoms with Crippen molar-refractivity contribution in [2.45, 2.75) is 29.8 Å². The summed E-state index contributed by atoms with van der Waals surface area (Å²) in [5.41, 5.74) is 3.26. The van der Waals surface area contributed by atoms with Crippen molar-refractivity contribution in [2.75, 3.05) is 19.8 Å². The second-order valence-electron chi connectivity index (χ2n) is 11.0. The first-order chi connectivity index (χ1) is 22.2. The van der Waals surface area contributed by atoms with Gasteiger partial charge in [0.2, 0.25) is 10.0 Å². The minimum Gasteiger partial charge on any atom is -0.481 e. The molecule has 0 bridgehead atoms. The second kappa shape index (κ2) is 13.3. The summed E-state index contributed by atoms with van der Waals surface area (Å²) in [6.07, 6.45) is 1.22. The maximum absolute atomic E-state index is 14.3. The quantitative estimate of drug-likeness (QED) is 0.206. The van der Waals surface area contributed by atoms with Crippen LogP contribution in [0.15, 0.2) is 106 Å². The van der Waals surface area contributed by atoms with Gasteiger partial charge in [0, 0.05) is 55.2 Å². The number of rotatable bonds is 8. The third-order valence-corrected chi connectivity index (χ3v) is 8.67. The zero-order chi connectivity index (χ0) is 32.1. The summed E-state index contributed by atoms with van der Waals surface area (Å²) in [6.45, 7) is 0.883. The fraction of sp³-hybridized carbons (Fsp3) is 0.194. The van der Waals surface area contributed by atoms with Gasteiger partial charge in [-0.15, -0.1) is 0 Å². The van der Waals surface area contributed by atoms with Gasteiger partial charge in [-0.2, -0.15) is 0 Å². The van der Waals surface area contributed by atoms with Crippen LogP contribution < -0.4 is 9.88 Å². The predicted octanol–water partition coefficient (Wildman–Crippen LogP) is 5.81. The van der Waals surface area contributed by atoms with E-state index in [2.05, 4.69) is 11.8 Å². The van der Waals surface area contributed by atoms with Gasteiger partial charge in [-0.25, -0.2) is 22.9 Å². The molecule has 1 aliphatic rings. The highest BCUT2D eigenvalue weighted by atomic mass is 32.2. The molecule has 3 N–H and O–H groups in total. The van der Waals surface area contributed by atoms with Crippen LogP contribution in [0.2, 0.25) is 0 Å². The molecule has 1 aliphatic heterocycles. The molecule has 1 fully saturated rings. The highest BCUT2D eigenvalue weighted by Gasteiger charge is 2.32. The first kappa shape index (κ1) is 31.2. The molecule has 46 heavy (non-hydrogen) atoms. The molecule has 1 saturated heterocycles. The van der Waals surface area contributed by atoms with Gasteiger partial charge >= 0.3 is 0 Å². The lowest BCUT2D eigenvalue weighted by atomic mass is 9.86. The van der Waals surface area contributed by atoms with Gasteiger partial charge in [-0.3, -0.25) is 0 Å². The fourth-order valence-corrected chi connectivity index (χ4v) is 5.79. The number of hydrogen-bond acceptors (Lipinski definition) is 7. The summed E-state index contributed by atoms with van der Waals surface area (Å²) in [5.74, 6) is 6.85. The lowest BCUT2D eigenvalue weighted by molar-refractivity contribution is -0.0681. The maximum atomic E-state index is 14.3. The Kier molecular flexibility index (Phi) is 9.01. The Morgan fingerprint density at radius 2 is 1.65 bits per heavy atom. The van der Waals surface area contributed by atoms with Crippen molar-refractivity contribution in [3.8, 4) is 40.2 Å². The van der Waals surface area contributed by atoms with Gasteiger partial charge in [0.05, 0.1) is 10.5 Å². The fourth-order valence-electron chi connectivity index (χ4n) is 5.27. The summed E-state index contributed by atoms with van der Waals surface area (Å²) >= 11 is 0. The molecule has 10 heteroatoms. The highest BCUT2D eigenvalue weighted by molar-refractivity contribution is 7.89. The van der Waals surface area contributed by atoms with Crippen LogP contribution in [0.25, 0.3) is 22.6 Å². The molecule has 5 aromatic rings. The summed E-state index contributed by atoms with van der Waals surface area (Å²) < 4.78 is 54.9. The van der Waals surface area contributed by atoms with Gasteiger partial charge in [-0.05, 0) is 59.7 Å². The van der Waals surface area contributed by atoms with Crippen LogP contribution in [-0.4, -0.2) is 38.3 Å². The number of aromatic nitrogens is 1. The van der Waals surface area contributed by atoms with Crippen molar-refractivity contribution < 1.29 is 31.8 Å². The minimum atomic E-state index is -3.82. The van der Waals surface area contributed by atoms with Gasteiger partial charge < -0.3 is 19.0 Å². The SMILES string of the molecule is NS(=O)(=O)c1ccc(-c2oc(Cc3ccc(C#CCOc4cc(F)cc(C5(O)CCOCC5)c4)cc3)nc2-c2ccccc2)cc1. The van der Waals surface area contributed by atoms with Gasteiger partial charge in [0.1, 0.15) is 23.9 Å². The third-order valence-electron chi connectivity index (χ3n) is 7.75. The van der Waals surface area contributed by atoms with Crippen LogP contribution in [0.3, 0.4) is 0 Å². The normalized spacial score (nSPS) is 14.3. The highest BCUT2D eigenvalue weighted by Crippen LogP contribution is 2.35. The standard InChI is InChI=1S/C36H31FN2O6S/c37-30-22-29(36(40)16-19-43-20-17-36)23-31(24-30)44-18-4-5-25-8-10-26(11-9-25)21-33-39-34(27-6-2-1-3-7-27)35(45-33)28-12-14-32(15-13-28)46(38,41)42/h1-3,6-15,22-24,40H,16-21H2,(H2,38,41,42). The van der Waals surface area contributed by atoms with Crippen LogP contribution in [-0.2, 0) is 26.8 Å². The molecule has 0 unspecified atom stereocenters. The van der Waals surface area contributed by atoms with E-state index in [-0.39, 0.29) is 11.5 Å². The van der Waals surface area contributed by atoms with Gasteiger partial charge in [0.25, 0.3) is 0 Å². The number of oxazole rings is 1. The number of sulfonamides is 1.